The number of piperazine rings is 1. The van der Waals surface area contributed by atoms with Crippen LogP contribution in [-0.2, 0) is 6.54 Å². The Morgan fingerprint density at radius 2 is 1.73 bits per heavy atom. The van der Waals surface area contributed by atoms with E-state index < -0.39 is 0 Å². The summed E-state index contributed by atoms with van der Waals surface area (Å²) in [7, 11) is 1.61. The minimum absolute atomic E-state index is 0.210. The number of rotatable bonds is 10. The molecule has 3 aromatic rings. The second kappa shape index (κ2) is 14.0. The normalized spacial score (nSPS) is 16.1. The zero-order valence-electron chi connectivity index (χ0n) is 24.0. The van der Waals surface area contributed by atoms with Gasteiger partial charge in [0.2, 0.25) is 0 Å². The Balaban J connectivity index is 1.15. The smallest absolute Gasteiger partial charge is 0.259 e. The summed E-state index contributed by atoms with van der Waals surface area (Å²) in [5.74, 6) is 1.59. The number of amides is 1. The van der Waals surface area contributed by atoms with Crippen molar-refractivity contribution in [3.05, 3.63) is 83.4 Å². The number of nitrogens with zero attached hydrogens (tertiary/aromatic N) is 3. The van der Waals surface area contributed by atoms with Crippen LogP contribution in [0.1, 0.15) is 60.0 Å². The highest BCUT2D eigenvalue weighted by atomic mass is 16.5. The van der Waals surface area contributed by atoms with Crippen LogP contribution >= 0.6 is 0 Å². The molecular weight excluding hydrogens is 512 g/mol. The van der Waals surface area contributed by atoms with Crippen molar-refractivity contribution in [1.82, 2.24) is 4.90 Å². The van der Waals surface area contributed by atoms with Crippen LogP contribution in [0.5, 0.6) is 11.5 Å². The molecule has 1 amide bonds. The summed E-state index contributed by atoms with van der Waals surface area (Å²) < 4.78 is 11.7. The summed E-state index contributed by atoms with van der Waals surface area (Å²) in [5.41, 5.74) is 4.24. The van der Waals surface area contributed by atoms with E-state index in [1.54, 1.807) is 13.2 Å². The summed E-state index contributed by atoms with van der Waals surface area (Å²) in [6.45, 7) is 5.19. The molecule has 0 atom stereocenters. The lowest BCUT2D eigenvalue weighted by Crippen LogP contribution is -2.45. The molecule has 2 aliphatic rings. The Morgan fingerprint density at radius 3 is 2.46 bits per heavy atom. The molecule has 0 spiro atoms. The molecule has 1 heterocycles. The molecule has 1 aliphatic carbocycles. The predicted octanol–water partition coefficient (Wildman–Crippen LogP) is 6.49. The third kappa shape index (κ3) is 7.59. The number of carbonyl (C=O) groups excluding carboxylic acids is 1. The quantitative estimate of drug-likeness (QED) is 0.310. The van der Waals surface area contributed by atoms with Crippen LogP contribution in [0.15, 0.2) is 66.7 Å². The lowest BCUT2D eigenvalue weighted by atomic mass is 9.87. The number of hydrogen-bond donors (Lipinski definition) is 1. The van der Waals surface area contributed by atoms with Crippen LogP contribution in [0.3, 0.4) is 0 Å². The van der Waals surface area contributed by atoms with Gasteiger partial charge in [0.25, 0.3) is 5.91 Å². The monoisotopic (exact) mass is 552 g/mol. The van der Waals surface area contributed by atoms with Crippen molar-refractivity contribution in [1.29, 1.82) is 5.26 Å². The lowest BCUT2D eigenvalue weighted by Gasteiger charge is -2.36. The zero-order valence-corrected chi connectivity index (χ0v) is 24.0. The molecule has 3 aromatic carbocycles. The van der Waals surface area contributed by atoms with Crippen molar-refractivity contribution in [3.63, 3.8) is 0 Å². The van der Waals surface area contributed by atoms with Crippen LogP contribution in [0.2, 0.25) is 0 Å². The molecule has 1 saturated carbocycles. The molecule has 214 valence electrons. The fourth-order valence-corrected chi connectivity index (χ4v) is 5.92. The van der Waals surface area contributed by atoms with E-state index in [1.165, 1.54) is 37.7 Å². The van der Waals surface area contributed by atoms with Gasteiger partial charge >= 0.3 is 0 Å². The number of carbonyl (C=O) groups is 1. The van der Waals surface area contributed by atoms with Crippen molar-refractivity contribution >= 4 is 17.3 Å². The summed E-state index contributed by atoms with van der Waals surface area (Å²) in [4.78, 5) is 18.1. The van der Waals surface area contributed by atoms with E-state index >= 15 is 0 Å². The fraction of sp³-hybridized carbons (Fsp3) is 0.412. The fourth-order valence-electron chi connectivity index (χ4n) is 5.92. The molecule has 1 aliphatic heterocycles. The average molecular weight is 553 g/mol. The van der Waals surface area contributed by atoms with Gasteiger partial charge in [0.05, 0.1) is 30.9 Å². The van der Waals surface area contributed by atoms with Gasteiger partial charge in [0, 0.05) is 44.1 Å². The third-order valence-electron chi connectivity index (χ3n) is 8.27. The minimum atomic E-state index is -0.210. The first kappa shape index (κ1) is 28.5. The molecule has 41 heavy (non-hydrogen) atoms. The van der Waals surface area contributed by atoms with Crippen LogP contribution in [0.25, 0.3) is 0 Å². The van der Waals surface area contributed by atoms with Crippen LogP contribution in [0, 0.1) is 17.2 Å². The SMILES string of the molecule is COc1cccc(C(=O)Nc2ccc(N3CCN(Cc4cccc(C#N)c4)CC3)cc2)c1OCCC1CCCCC1. The average Bonchev–Trinajstić information content (AvgIpc) is 3.02. The molecule has 0 radical (unpaired) electrons. The number of anilines is 2. The van der Waals surface area contributed by atoms with Gasteiger partial charge in [0.1, 0.15) is 0 Å². The Bertz CT molecular complexity index is 1340. The Kier molecular flexibility index (Phi) is 9.77. The molecule has 5 rings (SSSR count). The highest BCUT2D eigenvalue weighted by Gasteiger charge is 2.20. The molecule has 1 N–H and O–H groups in total. The Hall–Kier alpha value is -4.02. The van der Waals surface area contributed by atoms with Gasteiger partial charge in [-0.15, -0.1) is 0 Å². The topological polar surface area (TPSA) is 77.8 Å². The van der Waals surface area contributed by atoms with Crippen LogP contribution in [-0.4, -0.2) is 50.7 Å². The second-order valence-electron chi connectivity index (χ2n) is 11.1. The highest BCUT2D eigenvalue weighted by Crippen LogP contribution is 2.33. The van der Waals surface area contributed by atoms with Gasteiger partial charge in [-0.3, -0.25) is 9.69 Å². The van der Waals surface area contributed by atoms with Gasteiger partial charge in [-0.25, -0.2) is 0 Å². The first-order chi connectivity index (χ1) is 20.1. The number of para-hydroxylation sites is 1. The summed E-state index contributed by atoms with van der Waals surface area (Å²) >= 11 is 0. The molecule has 7 heteroatoms. The van der Waals surface area contributed by atoms with Crippen molar-refractivity contribution in [2.75, 3.05) is 50.1 Å². The van der Waals surface area contributed by atoms with Crippen molar-refractivity contribution in [2.45, 2.75) is 45.1 Å². The standard InChI is InChI=1S/C34H40N4O3/c1-40-32-12-6-11-31(33(32)41-22-17-26-7-3-2-4-8-26)34(39)36-29-13-15-30(16-14-29)38-20-18-37(19-21-38)25-28-10-5-9-27(23-28)24-35/h5-6,9-16,23,26H,2-4,7-8,17-22,25H2,1H3,(H,36,39). The molecule has 1 saturated heterocycles. The van der Waals surface area contributed by atoms with Gasteiger partial charge in [-0.05, 0) is 66.4 Å². The largest absolute Gasteiger partial charge is 0.493 e. The van der Waals surface area contributed by atoms with E-state index in [4.69, 9.17) is 14.7 Å². The molecular formula is C34H40N4O3. The zero-order chi connectivity index (χ0) is 28.4. The predicted molar refractivity (Wildman–Crippen MR) is 163 cm³/mol. The van der Waals surface area contributed by atoms with E-state index in [1.807, 2.05) is 42.5 Å². The first-order valence-electron chi connectivity index (χ1n) is 14.8. The maximum absolute atomic E-state index is 13.3. The molecule has 0 unspecified atom stereocenters. The molecule has 2 fully saturated rings. The van der Waals surface area contributed by atoms with Crippen LogP contribution < -0.4 is 19.7 Å². The number of ether oxygens (including phenoxy) is 2. The number of nitriles is 1. The van der Waals surface area contributed by atoms with Gasteiger partial charge in [-0.2, -0.15) is 5.26 Å². The van der Waals surface area contributed by atoms with Crippen molar-refractivity contribution < 1.29 is 14.3 Å². The number of nitrogens with one attached hydrogen (secondary N) is 1. The van der Waals surface area contributed by atoms with Crippen LogP contribution in [0.4, 0.5) is 11.4 Å². The van der Waals surface area contributed by atoms with Crippen molar-refractivity contribution in [3.8, 4) is 17.6 Å². The molecule has 7 nitrogen and oxygen atoms in total. The third-order valence-corrected chi connectivity index (χ3v) is 8.27. The van der Waals surface area contributed by atoms with Gasteiger partial charge in [0.15, 0.2) is 11.5 Å². The van der Waals surface area contributed by atoms with E-state index in [2.05, 4.69) is 39.4 Å². The van der Waals surface area contributed by atoms with Gasteiger partial charge in [-0.1, -0.05) is 50.3 Å². The summed E-state index contributed by atoms with van der Waals surface area (Å²) in [6, 6.07) is 23.6. The lowest BCUT2D eigenvalue weighted by molar-refractivity contribution is 0.102. The molecule has 0 bridgehead atoms. The summed E-state index contributed by atoms with van der Waals surface area (Å²) in [6.07, 6.45) is 7.50. The Labute approximate surface area is 243 Å². The van der Waals surface area contributed by atoms with Gasteiger partial charge < -0.3 is 19.7 Å². The van der Waals surface area contributed by atoms with E-state index in [0.717, 1.165) is 50.5 Å². The maximum atomic E-state index is 13.3. The van der Waals surface area contributed by atoms with Crippen molar-refractivity contribution in [2.24, 2.45) is 5.92 Å². The van der Waals surface area contributed by atoms with E-state index in [0.29, 0.717) is 35.2 Å². The first-order valence-corrected chi connectivity index (χ1v) is 14.8. The van der Waals surface area contributed by atoms with E-state index in [-0.39, 0.29) is 5.91 Å². The highest BCUT2D eigenvalue weighted by molar-refractivity contribution is 6.06. The number of benzene rings is 3. The summed E-state index contributed by atoms with van der Waals surface area (Å²) in [5, 5.41) is 12.2. The maximum Gasteiger partial charge on any atom is 0.259 e. The number of hydrogen-bond acceptors (Lipinski definition) is 6. The minimum Gasteiger partial charge on any atom is -0.493 e. The van der Waals surface area contributed by atoms with E-state index in [9.17, 15) is 4.79 Å². The second-order valence-corrected chi connectivity index (χ2v) is 11.1. The number of methoxy groups -OCH3 is 1. The molecule has 0 aromatic heterocycles. The Morgan fingerprint density at radius 1 is 0.976 bits per heavy atom.